The molecular weight excluding hydrogens is 263 g/mol. The third kappa shape index (κ3) is 2.76. The van der Waals surface area contributed by atoms with Crippen LogP contribution in [0.5, 0.6) is 0 Å². The van der Waals surface area contributed by atoms with Crippen LogP contribution in [-0.4, -0.2) is 43.0 Å². The highest BCUT2D eigenvalue weighted by Gasteiger charge is 2.40. The highest BCUT2D eigenvalue weighted by molar-refractivity contribution is 5.89. The van der Waals surface area contributed by atoms with Crippen molar-refractivity contribution in [1.82, 2.24) is 4.90 Å². The van der Waals surface area contributed by atoms with Crippen LogP contribution in [0.3, 0.4) is 0 Å². The van der Waals surface area contributed by atoms with E-state index in [2.05, 4.69) is 5.32 Å². The standard InChI is InChI=1S/C14H17FN2O3/c15-11-1-3-12(4-2-11)16-13(18)17-7-5-14(6-8-17)19-9-10-20-14/h1-4H,5-10H2,(H,16,18). The summed E-state index contributed by atoms with van der Waals surface area (Å²) in [5.74, 6) is -0.800. The van der Waals surface area contributed by atoms with Crippen molar-refractivity contribution in [1.29, 1.82) is 0 Å². The van der Waals surface area contributed by atoms with E-state index >= 15 is 0 Å². The number of piperidine rings is 1. The van der Waals surface area contributed by atoms with E-state index in [9.17, 15) is 9.18 Å². The summed E-state index contributed by atoms with van der Waals surface area (Å²) in [5, 5.41) is 2.76. The van der Waals surface area contributed by atoms with Gasteiger partial charge in [0.05, 0.1) is 13.2 Å². The highest BCUT2D eigenvalue weighted by Crippen LogP contribution is 2.31. The zero-order chi connectivity index (χ0) is 14.0. The van der Waals surface area contributed by atoms with Crippen molar-refractivity contribution in [2.45, 2.75) is 18.6 Å². The van der Waals surface area contributed by atoms with Crippen molar-refractivity contribution in [2.75, 3.05) is 31.6 Å². The Morgan fingerprint density at radius 2 is 1.75 bits per heavy atom. The molecule has 0 bridgehead atoms. The maximum absolute atomic E-state index is 12.8. The molecule has 0 unspecified atom stereocenters. The van der Waals surface area contributed by atoms with Crippen LogP contribution < -0.4 is 5.32 Å². The number of hydrogen-bond acceptors (Lipinski definition) is 3. The van der Waals surface area contributed by atoms with Gasteiger partial charge in [0.2, 0.25) is 0 Å². The zero-order valence-electron chi connectivity index (χ0n) is 11.1. The number of likely N-dealkylation sites (tertiary alicyclic amines) is 1. The van der Waals surface area contributed by atoms with Gasteiger partial charge in [-0.25, -0.2) is 9.18 Å². The van der Waals surface area contributed by atoms with Gasteiger partial charge < -0.3 is 19.7 Å². The molecule has 6 heteroatoms. The summed E-state index contributed by atoms with van der Waals surface area (Å²) < 4.78 is 24.0. The fourth-order valence-electron chi connectivity index (χ4n) is 2.57. The molecule has 2 aliphatic rings. The molecule has 2 saturated heterocycles. The lowest BCUT2D eigenvalue weighted by Gasteiger charge is -2.37. The van der Waals surface area contributed by atoms with E-state index in [0.29, 0.717) is 44.8 Å². The number of hydrogen-bond donors (Lipinski definition) is 1. The predicted molar refractivity (Wildman–Crippen MR) is 70.9 cm³/mol. The molecule has 2 amide bonds. The van der Waals surface area contributed by atoms with Gasteiger partial charge in [-0.15, -0.1) is 0 Å². The molecule has 2 fully saturated rings. The number of carbonyl (C=O) groups is 1. The third-order valence-corrected chi connectivity index (χ3v) is 3.72. The summed E-state index contributed by atoms with van der Waals surface area (Å²) in [5.41, 5.74) is 0.588. The van der Waals surface area contributed by atoms with Crippen molar-refractivity contribution >= 4 is 11.7 Å². The van der Waals surface area contributed by atoms with Crippen LogP contribution in [0, 0.1) is 5.82 Å². The molecule has 0 aromatic heterocycles. The van der Waals surface area contributed by atoms with Crippen LogP contribution in [-0.2, 0) is 9.47 Å². The summed E-state index contributed by atoms with van der Waals surface area (Å²) >= 11 is 0. The summed E-state index contributed by atoms with van der Waals surface area (Å²) in [4.78, 5) is 13.8. The summed E-state index contributed by atoms with van der Waals surface area (Å²) in [7, 11) is 0. The van der Waals surface area contributed by atoms with Gasteiger partial charge in [-0.05, 0) is 24.3 Å². The van der Waals surface area contributed by atoms with Gasteiger partial charge in [-0.3, -0.25) is 0 Å². The minimum absolute atomic E-state index is 0.176. The fourth-order valence-corrected chi connectivity index (χ4v) is 2.57. The monoisotopic (exact) mass is 280 g/mol. The molecule has 2 aliphatic heterocycles. The Balaban J connectivity index is 1.55. The number of benzene rings is 1. The van der Waals surface area contributed by atoms with Gasteiger partial charge in [0.25, 0.3) is 0 Å². The third-order valence-electron chi connectivity index (χ3n) is 3.72. The van der Waals surface area contributed by atoms with E-state index in [4.69, 9.17) is 9.47 Å². The van der Waals surface area contributed by atoms with Crippen molar-refractivity contribution in [3.63, 3.8) is 0 Å². The second kappa shape index (κ2) is 5.38. The molecule has 0 radical (unpaired) electrons. The molecule has 1 N–H and O–H groups in total. The lowest BCUT2D eigenvalue weighted by atomic mass is 10.0. The van der Waals surface area contributed by atoms with E-state index < -0.39 is 5.79 Å². The number of anilines is 1. The van der Waals surface area contributed by atoms with E-state index in [1.807, 2.05) is 0 Å². The highest BCUT2D eigenvalue weighted by atomic mass is 19.1. The molecule has 0 saturated carbocycles. The zero-order valence-corrected chi connectivity index (χ0v) is 11.1. The van der Waals surface area contributed by atoms with Crippen molar-refractivity contribution in [3.8, 4) is 0 Å². The number of carbonyl (C=O) groups excluding carboxylic acids is 1. The predicted octanol–water partition coefficient (Wildman–Crippen LogP) is 2.20. The molecule has 0 aliphatic carbocycles. The first-order chi connectivity index (χ1) is 9.67. The number of urea groups is 1. The van der Waals surface area contributed by atoms with Crippen LogP contribution in [0.15, 0.2) is 24.3 Å². The number of ether oxygens (including phenoxy) is 2. The number of amides is 2. The van der Waals surface area contributed by atoms with Crippen LogP contribution >= 0.6 is 0 Å². The largest absolute Gasteiger partial charge is 0.347 e. The van der Waals surface area contributed by atoms with Crippen molar-refractivity contribution in [2.24, 2.45) is 0 Å². The average Bonchev–Trinajstić information content (AvgIpc) is 2.90. The average molecular weight is 280 g/mol. The molecular formula is C14H17FN2O3. The first kappa shape index (κ1) is 13.3. The second-order valence-electron chi connectivity index (χ2n) is 5.03. The molecule has 0 atom stereocenters. The Morgan fingerprint density at radius 1 is 1.15 bits per heavy atom. The first-order valence-corrected chi connectivity index (χ1v) is 6.76. The van der Waals surface area contributed by atoms with E-state index in [-0.39, 0.29) is 11.8 Å². The lowest BCUT2D eigenvalue weighted by molar-refractivity contribution is -0.181. The molecule has 108 valence electrons. The van der Waals surface area contributed by atoms with Crippen LogP contribution in [0.2, 0.25) is 0 Å². The van der Waals surface area contributed by atoms with Gasteiger partial charge in [0, 0.05) is 31.6 Å². The lowest BCUT2D eigenvalue weighted by Crippen LogP contribution is -2.48. The molecule has 3 rings (SSSR count). The maximum Gasteiger partial charge on any atom is 0.321 e. The Labute approximate surface area is 116 Å². The summed E-state index contributed by atoms with van der Waals surface area (Å²) in [6.45, 7) is 2.43. The number of nitrogens with one attached hydrogen (secondary N) is 1. The molecule has 1 spiro atoms. The van der Waals surface area contributed by atoms with Crippen LogP contribution in [0.25, 0.3) is 0 Å². The SMILES string of the molecule is O=C(Nc1ccc(F)cc1)N1CCC2(CC1)OCCO2. The topological polar surface area (TPSA) is 50.8 Å². The maximum atomic E-state index is 12.8. The number of halogens is 1. The van der Waals surface area contributed by atoms with Gasteiger partial charge in [-0.1, -0.05) is 0 Å². The fraction of sp³-hybridized carbons (Fsp3) is 0.500. The number of rotatable bonds is 1. The van der Waals surface area contributed by atoms with E-state index in [1.165, 1.54) is 12.1 Å². The molecule has 1 aromatic carbocycles. The Kier molecular flexibility index (Phi) is 3.58. The quantitative estimate of drug-likeness (QED) is 0.858. The van der Waals surface area contributed by atoms with Gasteiger partial charge in [0.15, 0.2) is 5.79 Å². The summed E-state index contributed by atoms with van der Waals surface area (Å²) in [6.07, 6.45) is 1.37. The Bertz CT molecular complexity index is 476. The second-order valence-corrected chi connectivity index (χ2v) is 5.03. The number of nitrogens with zero attached hydrogens (tertiary/aromatic N) is 1. The van der Waals surface area contributed by atoms with Gasteiger partial charge >= 0.3 is 6.03 Å². The normalized spacial score (nSPS) is 21.1. The first-order valence-electron chi connectivity index (χ1n) is 6.76. The molecule has 1 aromatic rings. The summed E-state index contributed by atoms with van der Waals surface area (Å²) in [6, 6.07) is 5.55. The minimum Gasteiger partial charge on any atom is -0.347 e. The smallest absolute Gasteiger partial charge is 0.321 e. The van der Waals surface area contributed by atoms with Crippen LogP contribution in [0.1, 0.15) is 12.8 Å². The van der Waals surface area contributed by atoms with Gasteiger partial charge in [0.1, 0.15) is 5.82 Å². The van der Waals surface area contributed by atoms with E-state index in [0.717, 1.165) is 0 Å². The molecule has 2 heterocycles. The minimum atomic E-state index is -0.480. The van der Waals surface area contributed by atoms with E-state index in [1.54, 1.807) is 17.0 Å². The molecule has 20 heavy (non-hydrogen) atoms. The van der Waals surface area contributed by atoms with Gasteiger partial charge in [-0.2, -0.15) is 0 Å². The van der Waals surface area contributed by atoms with Crippen LogP contribution in [0.4, 0.5) is 14.9 Å². The van der Waals surface area contributed by atoms with Crippen molar-refractivity contribution in [3.05, 3.63) is 30.1 Å². The Morgan fingerprint density at radius 3 is 2.35 bits per heavy atom. The van der Waals surface area contributed by atoms with Crippen molar-refractivity contribution < 1.29 is 18.7 Å². The Hall–Kier alpha value is -1.66. The molecule has 5 nitrogen and oxygen atoms in total.